The number of piperidine rings is 2. The molecule has 2 saturated heterocycles. The Bertz CT molecular complexity index is 1310. The van der Waals surface area contributed by atoms with Gasteiger partial charge in [0.15, 0.2) is 0 Å². The Morgan fingerprint density at radius 3 is 2.53 bits per heavy atom. The van der Waals surface area contributed by atoms with Crippen LogP contribution in [-0.4, -0.2) is 76.1 Å². The molecule has 3 aromatic rings. The lowest BCUT2D eigenvalue weighted by Crippen LogP contribution is -2.37. The average Bonchev–Trinajstić information content (AvgIpc) is 2.95. The second kappa shape index (κ2) is 12.2. The van der Waals surface area contributed by atoms with Gasteiger partial charge in [-0.1, -0.05) is 0 Å². The number of nitrogens with zero attached hydrogens (tertiary/aromatic N) is 6. The lowest BCUT2D eigenvalue weighted by Gasteiger charge is -2.31. The van der Waals surface area contributed by atoms with Gasteiger partial charge < -0.3 is 20.1 Å². The Hall–Kier alpha value is -3.75. The van der Waals surface area contributed by atoms with Crippen LogP contribution in [0.2, 0.25) is 0 Å². The fourth-order valence-electron chi connectivity index (χ4n) is 5.15. The molecule has 0 atom stereocenters. The van der Waals surface area contributed by atoms with Crippen LogP contribution in [0.3, 0.4) is 0 Å². The molecule has 200 valence electrons. The van der Waals surface area contributed by atoms with Crippen molar-refractivity contribution in [2.45, 2.75) is 32.1 Å². The summed E-state index contributed by atoms with van der Waals surface area (Å²) in [6, 6.07) is 9.87. The third-order valence-electron chi connectivity index (χ3n) is 7.54. The fraction of sp³-hybridized carbons (Fsp3) is 0.519. The van der Waals surface area contributed by atoms with Gasteiger partial charge in [0.2, 0.25) is 5.95 Å². The predicted molar refractivity (Wildman–Crippen MR) is 145 cm³/mol. The molecule has 11 nitrogen and oxygen atoms in total. The number of rotatable bonds is 9. The molecule has 2 aliphatic rings. The average molecular weight is 519 g/mol. The third kappa shape index (κ3) is 6.20. The van der Waals surface area contributed by atoms with E-state index in [0.717, 1.165) is 69.8 Å². The minimum Gasteiger partial charge on any atom is -0.492 e. The minimum absolute atomic E-state index is 0.282. The molecule has 2 fully saturated rings. The van der Waals surface area contributed by atoms with E-state index in [1.165, 1.54) is 0 Å². The van der Waals surface area contributed by atoms with Crippen molar-refractivity contribution in [3.63, 3.8) is 0 Å². The van der Waals surface area contributed by atoms with E-state index in [1.54, 1.807) is 6.20 Å². The molecule has 5 rings (SSSR count). The Morgan fingerprint density at radius 1 is 1.08 bits per heavy atom. The molecular weight excluding hydrogens is 484 g/mol. The number of H-pyrrole nitrogens is 1. The normalized spacial score (nSPS) is 17.4. The number of fused-ring (bicyclic) bond motifs is 1. The van der Waals surface area contributed by atoms with Crippen molar-refractivity contribution in [1.29, 1.82) is 5.26 Å². The van der Waals surface area contributed by atoms with Crippen molar-refractivity contribution < 1.29 is 9.84 Å². The van der Waals surface area contributed by atoms with Gasteiger partial charge in [-0.2, -0.15) is 15.3 Å². The highest BCUT2D eigenvalue weighted by Crippen LogP contribution is 2.28. The number of nitrogens with one attached hydrogen (secondary N) is 2. The summed E-state index contributed by atoms with van der Waals surface area (Å²) >= 11 is 0. The summed E-state index contributed by atoms with van der Waals surface area (Å²) in [4.78, 5) is 26.4. The van der Waals surface area contributed by atoms with E-state index in [4.69, 9.17) is 15.0 Å². The van der Waals surface area contributed by atoms with Crippen molar-refractivity contribution in [3.8, 4) is 11.8 Å². The fourth-order valence-corrected chi connectivity index (χ4v) is 5.15. The van der Waals surface area contributed by atoms with E-state index in [0.29, 0.717) is 47.5 Å². The first kappa shape index (κ1) is 25.9. The number of aliphatic hydroxyl groups is 1. The van der Waals surface area contributed by atoms with E-state index in [1.807, 2.05) is 24.3 Å². The van der Waals surface area contributed by atoms with E-state index >= 15 is 0 Å². The largest absolute Gasteiger partial charge is 0.492 e. The number of anilines is 3. The molecule has 2 aromatic heterocycles. The zero-order chi connectivity index (χ0) is 26.3. The zero-order valence-corrected chi connectivity index (χ0v) is 21.5. The molecule has 0 amide bonds. The van der Waals surface area contributed by atoms with Crippen LogP contribution in [0, 0.1) is 23.2 Å². The molecule has 0 spiro atoms. The van der Waals surface area contributed by atoms with E-state index in [2.05, 4.69) is 36.4 Å². The molecule has 11 heteroatoms. The highest BCUT2D eigenvalue weighted by Gasteiger charge is 2.23. The number of benzene rings is 1. The van der Waals surface area contributed by atoms with E-state index in [9.17, 15) is 9.90 Å². The van der Waals surface area contributed by atoms with Gasteiger partial charge in [-0.25, -0.2) is 10.1 Å². The molecule has 0 saturated carbocycles. The van der Waals surface area contributed by atoms with Gasteiger partial charge in [0.25, 0.3) is 5.56 Å². The second-order valence-corrected chi connectivity index (χ2v) is 10.1. The molecule has 0 unspecified atom stereocenters. The molecule has 4 heterocycles. The number of hydrogen-bond donors (Lipinski definition) is 3. The monoisotopic (exact) mass is 518 g/mol. The van der Waals surface area contributed by atoms with Crippen LogP contribution in [0.1, 0.15) is 32.1 Å². The highest BCUT2D eigenvalue weighted by molar-refractivity contribution is 5.90. The molecule has 38 heavy (non-hydrogen) atoms. The minimum atomic E-state index is -0.354. The van der Waals surface area contributed by atoms with Gasteiger partial charge in [0, 0.05) is 38.3 Å². The first-order valence-electron chi connectivity index (χ1n) is 13.3. The number of aromatic amines is 1. The lowest BCUT2D eigenvalue weighted by atomic mass is 9.94. The summed E-state index contributed by atoms with van der Waals surface area (Å²) < 4.78 is 5.95. The number of aromatic nitrogens is 4. The van der Waals surface area contributed by atoms with Crippen LogP contribution < -0.4 is 20.5 Å². The number of hydrogen-bond acceptors (Lipinski definition) is 10. The summed E-state index contributed by atoms with van der Waals surface area (Å²) in [7, 11) is 0. The summed E-state index contributed by atoms with van der Waals surface area (Å²) in [5.41, 5.74) is 0.897. The number of ether oxygens (including phenoxy) is 1. The predicted octanol–water partition coefficient (Wildman–Crippen LogP) is 2.67. The molecule has 2 aliphatic heterocycles. The zero-order valence-electron chi connectivity index (χ0n) is 21.5. The lowest BCUT2D eigenvalue weighted by molar-refractivity contribution is 0.119. The van der Waals surface area contributed by atoms with Crippen LogP contribution >= 0.6 is 0 Å². The Labute approximate surface area is 221 Å². The summed E-state index contributed by atoms with van der Waals surface area (Å²) in [5.74, 6) is 2.58. The molecule has 0 bridgehead atoms. The van der Waals surface area contributed by atoms with Gasteiger partial charge in [0.1, 0.15) is 29.1 Å². The molecule has 0 radical (unpaired) electrons. The number of aliphatic hydroxyl groups excluding tert-OH is 1. The van der Waals surface area contributed by atoms with Gasteiger partial charge in [-0.15, -0.1) is 0 Å². The maximum absolute atomic E-state index is 12.6. The first-order valence-corrected chi connectivity index (χ1v) is 13.3. The van der Waals surface area contributed by atoms with Crippen molar-refractivity contribution in [2.24, 2.45) is 11.8 Å². The van der Waals surface area contributed by atoms with Gasteiger partial charge in [-0.3, -0.25) is 9.69 Å². The van der Waals surface area contributed by atoms with Crippen LogP contribution in [0.25, 0.3) is 10.9 Å². The summed E-state index contributed by atoms with van der Waals surface area (Å²) in [6.45, 7) is 5.27. The molecule has 1 aromatic carbocycles. The Morgan fingerprint density at radius 2 is 1.82 bits per heavy atom. The maximum Gasteiger partial charge on any atom is 0.277 e. The van der Waals surface area contributed by atoms with E-state index in [-0.39, 0.29) is 12.2 Å². The van der Waals surface area contributed by atoms with Gasteiger partial charge in [0.05, 0.1) is 12.3 Å². The van der Waals surface area contributed by atoms with Crippen LogP contribution in [0.4, 0.5) is 17.5 Å². The Balaban J connectivity index is 1.24. The third-order valence-corrected chi connectivity index (χ3v) is 7.54. The summed E-state index contributed by atoms with van der Waals surface area (Å²) in [6.07, 6.45) is 6.01. The maximum atomic E-state index is 12.6. The van der Waals surface area contributed by atoms with Crippen molar-refractivity contribution >= 4 is 28.4 Å². The standard InChI is InChI=1S/C27H34N8O3/c28-10-5-19-8-13-35(14-9-19)27-31-23-17-29-33-26(37)24(23)25(32-27)30-21-1-3-22(4-2-21)38-16-15-34-11-6-20(18-36)7-12-34/h1-4,17,19-20,36H,5-9,11-16,18H2,(H,33,37)(H,30,31,32). The summed E-state index contributed by atoms with van der Waals surface area (Å²) in [5, 5.41) is 28.3. The van der Waals surface area contributed by atoms with Gasteiger partial charge >= 0.3 is 0 Å². The molecule has 0 aliphatic carbocycles. The SMILES string of the molecule is N#CCC1CCN(c2nc(Nc3ccc(OCCN4CCC(CO)CC4)cc3)c3c(=O)[nH]ncc3n2)CC1. The molecular formula is C27H34N8O3. The van der Waals surface area contributed by atoms with Gasteiger partial charge in [-0.05, 0) is 74.9 Å². The topological polar surface area (TPSA) is 143 Å². The van der Waals surface area contributed by atoms with Crippen molar-refractivity contribution in [2.75, 3.05) is 56.2 Å². The van der Waals surface area contributed by atoms with E-state index < -0.39 is 0 Å². The number of likely N-dealkylation sites (tertiary alicyclic amines) is 1. The van der Waals surface area contributed by atoms with Crippen molar-refractivity contribution in [3.05, 3.63) is 40.8 Å². The second-order valence-electron chi connectivity index (χ2n) is 10.1. The first-order chi connectivity index (χ1) is 18.6. The van der Waals surface area contributed by atoms with Crippen LogP contribution in [0.5, 0.6) is 5.75 Å². The number of nitriles is 1. The van der Waals surface area contributed by atoms with Crippen LogP contribution in [-0.2, 0) is 0 Å². The quantitative estimate of drug-likeness (QED) is 0.387. The smallest absolute Gasteiger partial charge is 0.277 e. The highest BCUT2D eigenvalue weighted by atomic mass is 16.5. The van der Waals surface area contributed by atoms with Crippen LogP contribution in [0.15, 0.2) is 35.3 Å². The van der Waals surface area contributed by atoms with Crippen molar-refractivity contribution in [1.82, 2.24) is 25.1 Å². The Kier molecular flexibility index (Phi) is 8.31. The molecule has 3 N–H and O–H groups in total.